The van der Waals surface area contributed by atoms with E-state index in [1.54, 1.807) is 19.4 Å². The Labute approximate surface area is 200 Å². The zero-order valence-corrected chi connectivity index (χ0v) is 19.1. The third kappa shape index (κ3) is 3.57. The molecule has 2 spiro atoms. The number of pyridine rings is 1. The van der Waals surface area contributed by atoms with Gasteiger partial charge in [-0.15, -0.1) is 0 Å². The van der Waals surface area contributed by atoms with Gasteiger partial charge in [-0.05, 0) is 66.5 Å². The lowest BCUT2D eigenvalue weighted by Gasteiger charge is -2.45. The van der Waals surface area contributed by atoms with Crippen molar-refractivity contribution < 1.29 is 22.7 Å². The number of amides is 1. The Hall–Kier alpha value is -3.45. The van der Waals surface area contributed by atoms with E-state index in [2.05, 4.69) is 14.8 Å². The third-order valence-corrected chi connectivity index (χ3v) is 7.66. The Balaban J connectivity index is 1.66. The number of hydrogen-bond donors (Lipinski definition) is 1. The van der Waals surface area contributed by atoms with Crippen molar-refractivity contribution in [2.45, 2.75) is 49.9 Å². The van der Waals surface area contributed by atoms with Crippen molar-refractivity contribution in [3.63, 3.8) is 0 Å². The molecule has 2 heterocycles. The van der Waals surface area contributed by atoms with E-state index in [0.717, 1.165) is 5.56 Å². The van der Waals surface area contributed by atoms with E-state index in [0.29, 0.717) is 59.4 Å². The summed E-state index contributed by atoms with van der Waals surface area (Å²) in [6.07, 6.45) is 1.51. The highest BCUT2D eigenvalue weighted by Gasteiger charge is 2.67. The third-order valence-electron chi connectivity index (χ3n) is 7.66. The Kier molecular flexibility index (Phi) is 5.36. The molecule has 1 aliphatic heterocycles. The zero-order valence-electron chi connectivity index (χ0n) is 19.1. The molecule has 1 aromatic carbocycles. The highest BCUT2D eigenvalue weighted by Crippen LogP contribution is 2.62. The lowest BCUT2D eigenvalue weighted by atomic mass is 9.61. The number of rotatable bonds is 3. The first kappa shape index (κ1) is 23.3. The maximum atomic E-state index is 13.9. The molecule has 1 aromatic heterocycles. The number of ether oxygens (including phenoxy) is 1. The lowest BCUT2D eigenvalue weighted by molar-refractivity contribution is -0.158. The first-order valence-corrected chi connectivity index (χ1v) is 11.4. The van der Waals surface area contributed by atoms with Gasteiger partial charge in [-0.25, -0.2) is 9.84 Å². The topological polar surface area (TPSA) is 85.2 Å². The van der Waals surface area contributed by atoms with Crippen LogP contribution in [0.15, 0.2) is 41.7 Å². The van der Waals surface area contributed by atoms with Gasteiger partial charge in [-0.2, -0.15) is 13.2 Å². The van der Waals surface area contributed by atoms with E-state index in [-0.39, 0.29) is 6.10 Å². The average molecular weight is 483 g/mol. The van der Waals surface area contributed by atoms with Crippen LogP contribution >= 0.6 is 0 Å². The van der Waals surface area contributed by atoms with E-state index >= 15 is 0 Å². The summed E-state index contributed by atoms with van der Waals surface area (Å²) in [7, 11) is 1.64. The van der Waals surface area contributed by atoms with Gasteiger partial charge < -0.3 is 10.5 Å². The maximum absolute atomic E-state index is 13.9. The Bertz CT molecular complexity index is 1260. The molecule has 0 saturated heterocycles. The Morgan fingerprint density at radius 1 is 1.23 bits per heavy atom. The number of aliphatic imine (C=N–C) groups is 1. The number of alkyl halides is 3. The van der Waals surface area contributed by atoms with Crippen molar-refractivity contribution in [3.05, 3.63) is 59.2 Å². The first-order chi connectivity index (χ1) is 16.6. The minimum absolute atomic E-state index is 0.0310. The summed E-state index contributed by atoms with van der Waals surface area (Å²) >= 11 is 0. The molecule has 3 aliphatic rings. The van der Waals surface area contributed by atoms with E-state index in [1.807, 2.05) is 18.2 Å². The minimum atomic E-state index is -4.61. The number of halogens is 3. The molecule has 10 heteroatoms. The monoisotopic (exact) mass is 483 g/mol. The Morgan fingerprint density at radius 3 is 2.63 bits per heavy atom. The molecule has 2 N–H and O–H groups in total. The molecule has 5 rings (SSSR count). The highest BCUT2D eigenvalue weighted by atomic mass is 19.4. The molecule has 1 atom stereocenters. The summed E-state index contributed by atoms with van der Waals surface area (Å²) in [5.41, 5.74) is 6.98. The van der Waals surface area contributed by atoms with E-state index in [4.69, 9.17) is 17.0 Å². The predicted molar refractivity (Wildman–Crippen MR) is 122 cm³/mol. The fourth-order valence-electron chi connectivity index (χ4n) is 6.02. The SMILES string of the molecule is [C-]#[N+]c1cncc(-c2ccc3c(c2)C2(N=C(N)N(CC(F)(F)F)C2=O)C2(CCC(OC)CC2)C3)c1. The second-order valence-electron chi connectivity index (χ2n) is 9.49. The number of carbonyl (C=O) groups is 1. The van der Waals surface area contributed by atoms with Crippen molar-refractivity contribution in [2.75, 3.05) is 13.7 Å². The van der Waals surface area contributed by atoms with Gasteiger partial charge in [0, 0.05) is 24.9 Å². The van der Waals surface area contributed by atoms with Gasteiger partial charge in [-0.3, -0.25) is 14.7 Å². The van der Waals surface area contributed by atoms with Crippen molar-refractivity contribution in [1.82, 2.24) is 9.88 Å². The molecule has 1 saturated carbocycles. The van der Waals surface area contributed by atoms with Crippen LogP contribution in [-0.2, 0) is 21.5 Å². The van der Waals surface area contributed by atoms with Gasteiger partial charge >= 0.3 is 6.18 Å². The molecule has 2 aromatic rings. The smallest absolute Gasteiger partial charge is 0.381 e. The number of guanidine groups is 1. The fourth-order valence-corrected chi connectivity index (χ4v) is 6.02. The molecule has 1 amide bonds. The molecule has 1 fully saturated rings. The van der Waals surface area contributed by atoms with E-state index in [1.165, 1.54) is 6.20 Å². The van der Waals surface area contributed by atoms with Crippen LogP contribution in [0.2, 0.25) is 0 Å². The van der Waals surface area contributed by atoms with Gasteiger partial charge in [0.1, 0.15) is 6.54 Å². The highest BCUT2D eigenvalue weighted by molar-refractivity contribution is 6.08. The average Bonchev–Trinajstić information content (AvgIpc) is 3.24. The molecule has 0 radical (unpaired) electrons. The normalized spacial score (nSPS) is 27.9. The molecular formula is C25H24F3N5O2. The van der Waals surface area contributed by atoms with Crippen molar-refractivity contribution >= 4 is 17.6 Å². The number of nitrogens with two attached hydrogens (primary N) is 1. The standard InChI is InChI=1S/C25H24F3N5O2/c1-30-18-9-17(12-31-13-18)15-3-4-16-11-23(7-5-19(35-2)6-8-23)25(20(16)10-15)21(34)33(22(29)32-25)14-24(26,27)28/h3-4,9-10,12-13,19H,5-8,11,14H2,2H3,(H2,29,32). The summed E-state index contributed by atoms with van der Waals surface area (Å²) in [6.45, 7) is 5.78. The number of methoxy groups -OCH3 is 1. The number of fused-ring (bicyclic) bond motifs is 3. The minimum Gasteiger partial charge on any atom is -0.381 e. The van der Waals surface area contributed by atoms with E-state index < -0.39 is 35.5 Å². The maximum Gasteiger partial charge on any atom is 0.406 e. The molecule has 1 unspecified atom stereocenters. The molecule has 7 nitrogen and oxygen atoms in total. The van der Waals surface area contributed by atoms with Crippen LogP contribution in [0, 0.1) is 12.0 Å². The van der Waals surface area contributed by atoms with Crippen LogP contribution in [0.4, 0.5) is 18.9 Å². The number of carbonyl (C=O) groups excluding carboxylic acids is 1. The molecular weight excluding hydrogens is 459 g/mol. The van der Waals surface area contributed by atoms with Crippen LogP contribution in [-0.4, -0.2) is 47.7 Å². The predicted octanol–water partition coefficient (Wildman–Crippen LogP) is 4.35. The summed E-state index contributed by atoms with van der Waals surface area (Å²) < 4.78 is 45.6. The van der Waals surface area contributed by atoms with Gasteiger partial charge in [0.15, 0.2) is 11.5 Å². The molecule has 182 valence electrons. The van der Waals surface area contributed by atoms with Gasteiger partial charge in [-0.1, -0.05) is 12.1 Å². The molecule has 0 bridgehead atoms. The summed E-state index contributed by atoms with van der Waals surface area (Å²) in [6, 6.07) is 7.28. The number of aromatic nitrogens is 1. The van der Waals surface area contributed by atoms with Crippen LogP contribution < -0.4 is 5.73 Å². The number of nitrogens with zero attached hydrogens (tertiary/aromatic N) is 4. The van der Waals surface area contributed by atoms with Crippen LogP contribution in [0.1, 0.15) is 36.8 Å². The number of hydrogen-bond acceptors (Lipinski definition) is 5. The Morgan fingerprint density at radius 2 is 1.97 bits per heavy atom. The summed E-state index contributed by atoms with van der Waals surface area (Å²) in [4.78, 5) is 26.6. The van der Waals surface area contributed by atoms with Crippen LogP contribution in [0.25, 0.3) is 16.0 Å². The van der Waals surface area contributed by atoms with Crippen molar-refractivity contribution in [1.29, 1.82) is 0 Å². The quantitative estimate of drug-likeness (QED) is 0.658. The molecule has 2 aliphatic carbocycles. The summed E-state index contributed by atoms with van der Waals surface area (Å²) in [5, 5.41) is 0. The van der Waals surface area contributed by atoms with Gasteiger partial charge in [0.05, 0.1) is 12.7 Å². The second kappa shape index (κ2) is 8.05. The number of benzene rings is 1. The van der Waals surface area contributed by atoms with Crippen molar-refractivity contribution in [3.8, 4) is 11.1 Å². The van der Waals surface area contributed by atoms with Crippen molar-refractivity contribution in [2.24, 2.45) is 16.1 Å². The fraction of sp³-hybridized carbons (Fsp3) is 0.440. The molecule has 35 heavy (non-hydrogen) atoms. The second-order valence-corrected chi connectivity index (χ2v) is 9.49. The summed E-state index contributed by atoms with van der Waals surface area (Å²) in [5.74, 6) is -1.14. The van der Waals surface area contributed by atoms with E-state index in [9.17, 15) is 18.0 Å². The zero-order chi connectivity index (χ0) is 25.0. The van der Waals surface area contributed by atoms with Crippen LogP contribution in [0.3, 0.4) is 0 Å². The van der Waals surface area contributed by atoms with Gasteiger partial charge in [0.25, 0.3) is 5.91 Å². The van der Waals surface area contributed by atoms with Crippen LogP contribution in [0.5, 0.6) is 0 Å². The van der Waals surface area contributed by atoms with Gasteiger partial charge in [0.2, 0.25) is 5.69 Å². The lowest BCUT2D eigenvalue weighted by Crippen LogP contribution is -2.53. The largest absolute Gasteiger partial charge is 0.406 e. The first-order valence-electron chi connectivity index (χ1n) is 11.4.